The largest absolute Gasteiger partial charge is 0.496 e. The Bertz CT molecular complexity index is 1270. The van der Waals surface area contributed by atoms with Crippen LogP contribution in [0.4, 0.5) is 0 Å². The number of hydrogen-bond donors (Lipinski definition) is 2. The number of carbonyl (C=O) groups is 1. The maximum absolute atomic E-state index is 12.4. The minimum Gasteiger partial charge on any atom is -0.496 e. The second kappa shape index (κ2) is 8.82. The summed E-state index contributed by atoms with van der Waals surface area (Å²) in [5.74, 6) is 1.78. The van der Waals surface area contributed by atoms with E-state index in [1.54, 1.807) is 17.9 Å². The second-order valence-electron chi connectivity index (χ2n) is 8.08. The van der Waals surface area contributed by atoms with E-state index in [4.69, 9.17) is 9.72 Å². The lowest BCUT2D eigenvalue weighted by molar-refractivity contribution is 0.0940. The molecule has 0 aliphatic heterocycles. The minimum absolute atomic E-state index is 0.0428. The zero-order valence-electron chi connectivity index (χ0n) is 19.1. The van der Waals surface area contributed by atoms with Crippen LogP contribution in [0.25, 0.3) is 22.3 Å². The Balaban J connectivity index is 1.65. The lowest BCUT2D eigenvalue weighted by Gasteiger charge is -2.12. The normalized spacial score (nSPS) is 11.3. The molecular weight excluding hydrogens is 404 g/mol. The molecule has 0 aliphatic carbocycles. The molecule has 4 aromatic rings. The molecule has 2 heterocycles. The predicted molar refractivity (Wildman–Crippen MR) is 124 cm³/mol. The van der Waals surface area contributed by atoms with Crippen molar-refractivity contribution >= 4 is 16.8 Å². The Morgan fingerprint density at radius 2 is 2.06 bits per heavy atom. The fraction of sp³-hybridized carbons (Fsp3) is 0.333. The van der Waals surface area contributed by atoms with Gasteiger partial charge in [-0.25, -0.2) is 4.98 Å². The molecule has 8 heteroatoms. The molecule has 8 nitrogen and oxygen atoms in total. The van der Waals surface area contributed by atoms with Gasteiger partial charge in [-0.15, -0.1) is 0 Å². The van der Waals surface area contributed by atoms with Gasteiger partial charge in [0.2, 0.25) is 0 Å². The summed E-state index contributed by atoms with van der Waals surface area (Å²) in [4.78, 5) is 17.2. The summed E-state index contributed by atoms with van der Waals surface area (Å²) in [7, 11) is 3.45. The monoisotopic (exact) mass is 432 g/mol. The van der Waals surface area contributed by atoms with E-state index in [0.717, 1.165) is 28.7 Å². The third-order valence-corrected chi connectivity index (χ3v) is 5.51. The van der Waals surface area contributed by atoms with Crippen molar-refractivity contribution in [3.05, 3.63) is 59.0 Å². The van der Waals surface area contributed by atoms with Crippen molar-refractivity contribution in [2.75, 3.05) is 7.11 Å². The van der Waals surface area contributed by atoms with Crippen LogP contribution >= 0.6 is 0 Å². The molecule has 0 spiro atoms. The van der Waals surface area contributed by atoms with Gasteiger partial charge < -0.3 is 10.1 Å². The van der Waals surface area contributed by atoms with Crippen LogP contribution in [0, 0.1) is 0 Å². The van der Waals surface area contributed by atoms with Gasteiger partial charge in [0.25, 0.3) is 5.91 Å². The highest BCUT2D eigenvalue weighted by Gasteiger charge is 2.17. The van der Waals surface area contributed by atoms with Crippen molar-refractivity contribution in [3.63, 3.8) is 0 Å². The second-order valence-corrected chi connectivity index (χ2v) is 8.08. The van der Waals surface area contributed by atoms with Crippen LogP contribution in [0.3, 0.4) is 0 Å². The van der Waals surface area contributed by atoms with Crippen LogP contribution in [-0.2, 0) is 19.9 Å². The van der Waals surface area contributed by atoms with Crippen molar-refractivity contribution < 1.29 is 9.53 Å². The van der Waals surface area contributed by atoms with E-state index in [2.05, 4.69) is 39.7 Å². The third-order valence-electron chi connectivity index (χ3n) is 5.51. The van der Waals surface area contributed by atoms with E-state index in [0.29, 0.717) is 23.6 Å². The summed E-state index contributed by atoms with van der Waals surface area (Å²) in [6.07, 6.45) is 3.46. The van der Waals surface area contributed by atoms with Gasteiger partial charge >= 0.3 is 0 Å². The van der Waals surface area contributed by atoms with E-state index in [1.807, 2.05) is 39.2 Å². The molecule has 0 saturated carbocycles. The van der Waals surface area contributed by atoms with Crippen molar-refractivity contribution in [1.82, 2.24) is 30.3 Å². The lowest BCUT2D eigenvalue weighted by atomic mass is 9.98. The molecule has 1 amide bonds. The molecule has 2 aromatic heterocycles. The number of hydrogen-bond acceptors (Lipinski definition) is 5. The van der Waals surface area contributed by atoms with Crippen LogP contribution in [0.15, 0.2) is 36.5 Å². The lowest BCUT2D eigenvalue weighted by Crippen LogP contribution is -2.30. The number of aromatic nitrogens is 5. The molecular formula is C24H28N6O2. The average molecular weight is 433 g/mol. The smallest absolute Gasteiger partial charge is 0.255 e. The number of nitrogens with one attached hydrogen (secondary N) is 2. The zero-order chi connectivity index (χ0) is 22.8. The van der Waals surface area contributed by atoms with Gasteiger partial charge in [-0.1, -0.05) is 19.1 Å². The highest BCUT2D eigenvalue weighted by atomic mass is 16.5. The molecule has 32 heavy (non-hydrogen) atoms. The van der Waals surface area contributed by atoms with Gasteiger partial charge in [-0.2, -0.15) is 10.2 Å². The van der Waals surface area contributed by atoms with Gasteiger partial charge in [0, 0.05) is 30.5 Å². The SMILES string of the molecule is CCc1c(Cc2nc(-c3ccc(C(=O)NC(C)C)c(OC)c3)nn2C)ccc2[nH]ncc12. The molecule has 0 unspecified atom stereocenters. The first-order valence-corrected chi connectivity index (χ1v) is 10.7. The number of ether oxygens (including phenoxy) is 1. The van der Waals surface area contributed by atoms with E-state index in [-0.39, 0.29) is 11.9 Å². The average Bonchev–Trinajstić information content (AvgIpc) is 3.39. The van der Waals surface area contributed by atoms with Gasteiger partial charge in [0.1, 0.15) is 11.6 Å². The van der Waals surface area contributed by atoms with Gasteiger partial charge in [0.15, 0.2) is 5.82 Å². The molecule has 2 aromatic carbocycles. The quantitative estimate of drug-likeness (QED) is 0.464. The fourth-order valence-corrected chi connectivity index (χ4v) is 3.93. The number of rotatable bonds is 7. The summed E-state index contributed by atoms with van der Waals surface area (Å²) >= 11 is 0. The first-order chi connectivity index (χ1) is 15.4. The Morgan fingerprint density at radius 1 is 1.25 bits per heavy atom. The summed E-state index contributed by atoms with van der Waals surface area (Å²) < 4.78 is 7.28. The predicted octanol–water partition coefficient (Wildman–Crippen LogP) is 3.66. The number of aromatic amines is 1. The summed E-state index contributed by atoms with van der Waals surface area (Å²) in [6, 6.07) is 9.64. The fourth-order valence-electron chi connectivity index (χ4n) is 3.93. The molecule has 0 radical (unpaired) electrons. The van der Waals surface area contributed by atoms with E-state index >= 15 is 0 Å². The maximum Gasteiger partial charge on any atom is 0.255 e. The van der Waals surface area contributed by atoms with Gasteiger partial charge in [-0.3, -0.25) is 14.6 Å². The zero-order valence-corrected chi connectivity index (χ0v) is 19.1. The van der Waals surface area contributed by atoms with Crippen molar-refractivity contribution in [1.29, 1.82) is 0 Å². The Hall–Kier alpha value is -3.68. The van der Waals surface area contributed by atoms with Crippen LogP contribution in [-0.4, -0.2) is 44.0 Å². The van der Waals surface area contributed by atoms with Crippen LogP contribution in [0.1, 0.15) is 48.1 Å². The summed E-state index contributed by atoms with van der Waals surface area (Å²) in [6.45, 7) is 6.00. The van der Waals surface area contributed by atoms with Gasteiger partial charge in [0.05, 0.1) is 24.4 Å². The number of methoxy groups -OCH3 is 1. The number of benzene rings is 2. The number of nitrogens with zero attached hydrogens (tertiary/aromatic N) is 4. The molecule has 0 fully saturated rings. The minimum atomic E-state index is -0.167. The van der Waals surface area contributed by atoms with E-state index in [1.165, 1.54) is 11.1 Å². The number of H-pyrrole nitrogens is 1. The number of carbonyl (C=O) groups excluding carboxylic acids is 1. The van der Waals surface area contributed by atoms with E-state index < -0.39 is 0 Å². The Morgan fingerprint density at radius 3 is 2.78 bits per heavy atom. The number of aryl methyl sites for hydroxylation is 2. The topological polar surface area (TPSA) is 97.7 Å². The molecule has 0 bridgehead atoms. The highest BCUT2D eigenvalue weighted by Crippen LogP contribution is 2.27. The first-order valence-electron chi connectivity index (χ1n) is 10.7. The van der Waals surface area contributed by atoms with Crippen LogP contribution < -0.4 is 10.1 Å². The molecule has 0 atom stereocenters. The maximum atomic E-state index is 12.4. The molecule has 2 N–H and O–H groups in total. The summed E-state index contributed by atoms with van der Waals surface area (Å²) in [5, 5.41) is 15.9. The van der Waals surface area contributed by atoms with Crippen LogP contribution in [0.5, 0.6) is 5.75 Å². The van der Waals surface area contributed by atoms with Crippen molar-refractivity contribution in [2.45, 2.75) is 39.7 Å². The molecule has 166 valence electrons. The number of amides is 1. The molecule has 0 aliphatic rings. The summed E-state index contributed by atoms with van der Waals surface area (Å²) in [5.41, 5.74) is 4.80. The third kappa shape index (κ3) is 4.08. The first kappa shape index (κ1) is 21.5. The Kier molecular flexibility index (Phi) is 5.94. The molecule has 4 rings (SSSR count). The van der Waals surface area contributed by atoms with Crippen LogP contribution in [0.2, 0.25) is 0 Å². The highest BCUT2D eigenvalue weighted by molar-refractivity contribution is 5.97. The van der Waals surface area contributed by atoms with Crippen molar-refractivity contribution in [3.8, 4) is 17.1 Å². The number of fused-ring (bicyclic) bond motifs is 1. The standard InChI is InChI=1S/C24H28N6O2/c1-6-17-15(8-10-20-19(17)13-25-28-20)12-22-27-23(29-30(22)4)16-7-9-18(21(11-16)32-5)24(31)26-14(2)3/h7-11,13-14H,6,12H2,1-5H3,(H,25,28)(H,26,31). The van der Waals surface area contributed by atoms with E-state index in [9.17, 15) is 4.79 Å². The molecule has 0 saturated heterocycles. The Labute approximate surface area is 187 Å². The van der Waals surface area contributed by atoms with Crippen molar-refractivity contribution in [2.24, 2.45) is 7.05 Å². The van der Waals surface area contributed by atoms with Gasteiger partial charge in [-0.05, 0) is 49.6 Å².